The van der Waals surface area contributed by atoms with E-state index in [0.29, 0.717) is 46.0 Å². The van der Waals surface area contributed by atoms with Crippen LogP contribution in [0.15, 0.2) is 206 Å². The number of aromatic nitrogens is 2. The summed E-state index contributed by atoms with van der Waals surface area (Å²) in [5, 5.41) is 6.36. The molecule has 64 heavy (non-hydrogen) atoms. The van der Waals surface area contributed by atoms with E-state index in [4.69, 9.17) is 18.9 Å². The number of benzene rings is 10. The first-order chi connectivity index (χ1) is 31.7. The molecule has 10 aromatic carbocycles. The lowest BCUT2D eigenvalue weighted by atomic mass is 10.0. The summed E-state index contributed by atoms with van der Waals surface area (Å²) in [4.78, 5) is 0. The minimum absolute atomic E-state index is 0.692. The Bertz CT molecular complexity index is 3650. The summed E-state index contributed by atoms with van der Waals surface area (Å²) in [6.45, 7) is 0. The van der Waals surface area contributed by atoms with Gasteiger partial charge in [0.25, 0.3) is 0 Å². The van der Waals surface area contributed by atoms with Crippen molar-refractivity contribution in [3.05, 3.63) is 206 Å². The van der Waals surface area contributed by atoms with E-state index < -0.39 is 0 Å². The van der Waals surface area contributed by atoms with Crippen molar-refractivity contribution in [3.63, 3.8) is 0 Å². The van der Waals surface area contributed by atoms with Crippen molar-refractivity contribution in [2.75, 3.05) is 0 Å². The fraction of sp³-hybridized carbons (Fsp3) is 0. The molecule has 0 saturated carbocycles. The van der Waals surface area contributed by atoms with E-state index in [-0.39, 0.29) is 0 Å². The van der Waals surface area contributed by atoms with Crippen LogP contribution < -0.4 is 18.9 Å². The van der Waals surface area contributed by atoms with Crippen molar-refractivity contribution in [1.82, 2.24) is 9.13 Å². The molecule has 2 aliphatic heterocycles. The lowest BCUT2D eigenvalue weighted by Crippen LogP contribution is -2.02. The van der Waals surface area contributed by atoms with Gasteiger partial charge in [-0.1, -0.05) is 121 Å². The average Bonchev–Trinajstić information content (AvgIpc) is 3.87. The Morgan fingerprint density at radius 2 is 0.625 bits per heavy atom. The third-order valence-electron chi connectivity index (χ3n) is 12.8. The Morgan fingerprint density at radius 3 is 1.06 bits per heavy atom. The minimum Gasteiger partial charge on any atom is -0.449 e. The third kappa shape index (κ3) is 5.08. The molecule has 0 saturated heterocycles. The summed E-state index contributed by atoms with van der Waals surface area (Å²) < 4.78 is 31.3. The van der Waals surface area contributed by atoms with E-state index in [1.165, 1.54) is 0 Å². The Kier molecular flexibility index (Phi) is 7.30. The molecular formula is C58H34N2O4. The van der Waals surface area contributed by atoms with E-state index >= 15 is 0 Å². The van der Waals surface area contributed by atoms with Gasteiger partial charge < -0.3 is 28.1 Å². The van der Waals surface area contributed by atoms with Crippen molar-refractivity contribution < 1.29 is 18.9 Å². The van der Waals surface area contributed by atoms with Crippen molar-refractivity contribution in [2.45, 2.75) is 0 Å². The van der Waals surface area contributed by atoms with Gasteiger partial charge in [0.05, 0.1) is 44.2 Å². The molecule has 12 aromatic rings. The highest BCUT2D eigenvalue weighted by atomic mass is 16.6. The van der Waals surface area contributed by atoms with E-state index in [0.717, 1.165) is 88.0 Å². The van der Waals surface area contributed by atoms with Gasteiger partial charge in [-0.3, -0.25) is 0 Å². The van der Waals surface area contributed by atoms with Gasteiger partial charge >= 0.3 is 0 Å². The first-order valence-electron chi connectivity index (χ1n) is 21.5. The maximum atomic E-state index is 6.77. The number of ether oxygens (including phenoxy) is 4. The summed E-state index contributed by atoms with van der Waals surface area (Å²) in [6, 6.07) is 71.9. The molecule has 0 atom stereocenters. The fourth-order valence-electron chi connectivity index (χ4n) is 9.98. The number of hydrogen-bond acceptors (Lipinski definition) is 4. The molecule has 300 valence electrons. The molecule has 0 bridgehead atoms. The normalized spacial score (nSPS) is 12.6. The molecule has 4 heterocycles. The first-order valence-corrected chi connectivity index (χ1v) is 21.5. The molecule has 6 nitrogen and oxygen atoms in total. The molecule has 2 aromatic heterocycles. The summed E-state index contributed by atoms with van der Waals surface area (Å²) in [7, 11) is 0. The minimum atomic E-state index is 0.692. The lowest BCUT2D eigenvalue weighted by Gasteiger charge is -2.22. The van der Waals surface area contributed by atoms with Crippen LogP contribution in [0.3, 0.4) is 0 Å². The van der Waals surface area contributed by atoms with Gasteiger partial charge in [-0.15, -0.1) is 0 Å². The second kappa shape index (κ2) is 13.4. The Hall–Kier alpha value is -8.74. The van der Waals surface area contributed by atoms with Gasteiger partial charge in [-0.25, -0.2) is 0 Å². The maximum absolute atomic E-state index is 6.77. The predicted octanol–water partition coefficient (Wildman–Crippen LogP) is 16.2. The maximum Gasteiger partial charge on any atom is 0.180 e. The first kappa shape index (κ1) is 34.9. The van der Waals surface area contributed by atoms with E-state index in [1.807, 2.05) is 60.7 Å². The summed E-state index contributed by atoms with van der Waals surface area (Å²) in [5.41, 5.74) is 10.9. The Balaban J connectivity index is 1.02. The summed E-state index contributed by atoms with van der Waals surface area (Å²) >= 11 is 0. The van der Waals surface area contributed by atoms with Gasteiger partial charge in [-0.2, -0.15) is 0 Å². The number of hydrogen-bond donors (Lipinski definition) is 0. The fourth-order valence-corrected chi connectivity index (χ4v) is 9.98. The number of para-hydroxylation sites is 4. The number of rotatable bonds is 4. The topological polar surface area (TPSA) is 46.8 Å². The average molecular weight is 823 g/mol. The quantitative estimate of drug-likeness (QED) is 0.177. The van der Waals surface area contributed by atoms with Gasteiger partial charge in [0.1, 0.15) is 0 Å². The smallest absolute Gasteiger partial charge is 0.180 e. The Labute approximate surface area is 366 Å². The van der Waals surface area contributed by atoms with Crippen LogP contribution in [0.4, 0.5) is 0 Å². The van der Waals surface area contributed by atoms with Crippen LogP contribution in [0.2, 0.25) is 0 Å². The predicted molar refractivity (Wildman–Crippen MR) is 257 cm³/mol. The monoisotopic (exact) mass is 822 g/mol. The van der Waals surface area contributed by atoms with E-state index in [2.05, 4.69) is 155 Å². The van der Waals surface area contributed by atoms with Crippen molar-refractivity contribution in [3.8, 4) is 79.6 Å². The third-order valence-corrected chi connectivity index (χ3v) is 12.8. The molecule has 14 rings (SSSR count). The highest BCUT2D eigenvalue weighted by Crippen LogP contribution is 2.54. The second-order valence-electron chi connectivity index (χ2n) is 16.4. The van der Waals surface area contributed by atoms with Crippen molar-refractivity contribution >= 4 is 54.4 Å². The van der Waals surface area contributed by atoms with Crippen LogP contribution in [0.5, 0.6) is 46.0 Å². The van der Waals surface area contributed by atoms with Gasteiger partial charge in [-0.05, 0) is 107 Å². The standard InChI is InChI=1S/C58H34N2O4/c1-3-13-35(14-4-1)37-23-25-45-41(33-37)55-47(29-31-53-57(55)63-51-21-11-9-19-49(51)61-53)59(45)43-27-28-44(40-18-8-7-17-39(40)43)60-46-26-24-38(36-15-5-2-6-16-36)34-42(46)56-48(60)30-32-54-58(56)64-52-22-12-10-20-50(52)62-54/h1-34H. The lowest BCUT2D eigenvalue weighted by molar-refractivity contribution is 0.363. The molecular weight excluding hydrogens is 789 g/mol. The molecule has 0 N–H and O–H groups in total. The van der Waals surface area contributed by atoms with Crippen LogP contribution in [-0.2, 0) is 0 Å². The molecule has 6 heteroatoms. The van der Waals surface area contributed by atoms with Crippen molar-refractivity contribution in [1.29, 1.82) is 0 Å². The molecule has 0 unspecified atom stereocenters. The number of nitrogens with zero attached hydrogens (tertiary/aromatic N) is 2. The van der Waals surface area contributed by atoms with Crippen LogP contribution in [0, 0.1) is 0 Å². The molecule has 0 radical (unpaired) electrons. The Morgan fingerprint density at radius 1 is 0.250 bits per heavy atom. The SMILES string of the molecule is c1ccc(-c2ccc3c(c2)c2c4c(ccc2n3-c2ccc(-n3c5ccc(-c6ccccc6)cc5c5c6c(ccc53)Oc3ccccc3O6)c3ccccc23)Oc2ccccc2O4)cc1. The van der Waals surface area contributed by atoms with Gasteiger partial charge in [0.2, 0.25) is 0 Å². The molecule has 2 aliphatic rings. The highest BCUT2D eigenvalue weighted by Gasteiger charge is 2.29. The molecule has 0 aliphatic carbocycles. The summed E-state index contributed by atoms with van der Waals surface area (Å²) in [5.74, 6) is 5.61. The zero-order valence-electron chi connectivity index (χ0n) is 34.2. The summed E-state index contributed by atoms with van der Waals surface area (Å²) in [6.07, 6.45) is 0. The van der Waals surface area contributed by atoms with Crippen LogP contribution in [-0.4, -0.2) is 9.13 Å². The molecule has 0 fully saturated rings. The van der Waals surface area contributed by atoms with Gasteiger partial charge in [0.15, 0.2) is 46.0 Å². The van der Waals surface area contributed by atoms with E-state index in [1.54, 1.807) is 0 Å². The zero-order chi connectivity index (χ0) is 41.9. The second-order valence-corrected chi connectivity index (χ2v) is 16.4. The molecule has 0 spiro atoms. The van der Waals surface area contributed by atoms with Crippen LogP contribution in [0.25, 0.3) is 88.0 Å². The van der Waals surface area contributed by atoms with Gasteiger partial charge in [0, 0.05) is 21.5 Å². The van der Waals surface area contributed by atoms with Crippen molar-refractivity contribution in [2.24, 2.45) is 0 Å². The number of fused-ring (bicyclic) bond motifs is 13. The van der Waals surface area contributed by atoms with Crippen LogP contribution in [0.1, 0.15) is 0 Å². The highest BCUT2D eigenvalue weighted by molar-refractivity contribution is 6.17. The van der Waals surface area contributed by atoms with Crippen LogP contribution >= 0.6 is 0 Å². The molecule has 0 amide bonds. The largest absolute Gasteiger partial charge is 0.449 e. The van der Waals surface area contributed by atoms with E-state index in [9.17, 15) is 0 Å². The zero-order valence-corrected chi connectivity index (χ0v) is 34.2.